The number of hydrogen-bond donors (Lipinski definition) is 0. The minimum atomic E-state index is -1.24. The summed E-state index contributed by atoms with van der Waals surface area (Å²) in [6.07, 6.45) is 5.26. The van der Waals surface area contributed by atoms with Crippen molar-refractivity contribution >= 4 is 28.8 Å². The third kappa shape index (κ3) is 3.60. The maximum absolute atomic E-state index is 12.9. The molecule has 0 saturated heterocycles. The molecule has 0 heterocycles. The molecule has 2 atom stereocenters. The van der Waals surface area contributed by atoms with Gasteiger partial charge in [-0.25, -0.2) is 4.79 Å². The summed E-state index contributed by atoms with van der Waals surface area (Å²) in [6.45, 7) is 10.8. The van der Waals surface area contributed by atoms with Crippen LogP contribution in [0.5, 0.6) is 0 Å². The van der Waals surface area contributed by atoms with Crippen LogP contribution in [0.25, 0.3) is 16.8 Å². The van der Waals surface area contributed by atoms with Crippen LogP contribution in [0.1, 0.15) is 17.0 Å². The quantitative estimate of drug-likeness (QED) is 0.419. The molecule has 4 nitrogen and oxygen atoms in total. The lowest BCUT2D eigenvalue weighted by Gasteiger charge is -2.23. The number of carbonyl (C=O) groups is 2. The number of esters is 2. The largest absolute Gasteiger partial charge is 0.458 e. The van der Waals surface area contributed by atoms with E-state index < -0.39 is 24.0 Å². The maximum Gasteiger partial charge on any atom is 0.352 e. The molecule has 2 unspecified atom stereocenters. The van der Waals surface area contributed by atoms with E-state index in [1.54, 1.807) is 6.08 Å². The van der Waals surface area contributed by atoms with Gasteiger partial charge in [-0.1, -0.05) is 80.4 Å². The minimum Gasteiger partial charge on any atom is -0.458 e. The van der Waals surface area contributed by atoms with E-state index in [4.69, 9.17) is 9.47 Å². The lowest BCUT2D eigenvalue weighted by atomic mass is 9.86. The van der Waals surface area contributed by atoms with Crippen molar-refractivity contribution < 1.29 is 19.1 Å². The smallest absolute Gasteiger partial charge is 0.352 e. The Hall–Kier alpha value is -3.40. The van der Waals surface area contributed by atoms with Gasteiger partial charge in [0.25, 0.3) is 0 Å². The first-order valence-electron chi connectivity index (χ1n) is 8.56. The molecule has 0 aliphatic heterocycles. The Kier molecular flexibility index (Phi) is 5.36. The molecule has 0 spiro atoms. The Morgan fingerprint density at radius 3 is 2.59 bits per heavy atom. The van der Waals surface area contributed by atoms with Crippen LogP contribution in [0.4, 0.5) is 0 Å². The Labute approximate surface area is 158 Å². The average molecular weight is 360 g/mol. The summed E-state index contributed by atoms with van der Waals surface area (Å²) >= 11 is 0. The summed E-state index contributed by atoms with van der Waals surface area (Å²) in [5.41, 5.74) is 2.15. The molecule has 136 valence electrons. The Balaban J connectivity index is 1.89. The summed E-state index contributed by atoms with van der Waals surface area (Å²) < 4.78 is 10.5. The topological polar surface area (TPSA) is 52.6 Å². The van der Waals surface area contributed by atoms with Crippen molar-refractivity contribution in [3.05, 3.63) is 91.1 Å². The third-order valence-electron chi connectivity index (χ3n) is 4.42. The zero-order valence-electron chi connectivity index (χ0n) is 14.9. The van der Waals surface area contributed by atoms with Gasteiger partial charge in [0.15, 0.2) is 0 Å². The first-order valence-corrected chi connectivity index (χ1v) is 8.56. The predicted molar refractivity (Wildman–Crippen MR) is 106 cm³/mol. The molecule has 1 aliphatic rings. The maximum atomic E-state index is 12.9. The first kappa shape index (κ1) is 18.4. The molecule has 0 bridgehead atoms. The molecule has 0 N–H and O–H groups in total. The van der Waals surface area contributed by atoms with E-state index in [0.717, 1.165) is 21.9 Å². The molecule has 2 aromatic rings. The van der Waals surface area contributed by atoms with Crippen LogP contribution < -0.4 is 0 Å². The molecule has 27 heavy (non-hydrogen) atoms. The fourth-order valence-corrected chi connectivity index (χ4v) is 3.10. The van der Waals surface area contributed by atoms with Crippen LogP contribution >= 0.6 is 0 Å². The van der Waals surface area contributed by atoms with Crippen LogP contribution in [-0.4, -0.2) is 24.6 Å². The Morgan fingerprint density at radius 1 is 1.15 bits per heavy atom. The molecule has 3 rings (SSSR count). The lowest BCUT2D eigenvalue weighted by molar-refractivity contribution is -0.164. The van der Waals surface area contributed by atoms with Gasteiger partial charge in [0, 0.05) is 0 Å². The number of carbonyl (C=O) groups excluding carboxylic acids is 2. The highest BCUT2D eigenvalue weighted by molar-refractivity contribution is 6.00. The Morgan fingerprint density at radius 2 is 1.89 bits per heavy atom. The zero-order valence-corrected chi connectivity index (χ0v) is 14.9. The number of hydrogen-bond acceptors (Lipinski definition) is 4. The third-order valence-corrected chi connectivity index (χ3v) is 4.42. The van der Waals surface area contributed by atoms with Crippen molar-refractivity contribution in [2.45, 2.75) is 12.0 Å². The second kappa shape index (κ2) is 7.87. The summed E-state index contributed by atoms with van der Waals surface area (Å²) in [7, 11) is 0. The summed E-state index contributed by atoms with van der Waals surface area (Å²) in [6, 6.07) is 11.8. The summed E-state index contributed by atoms with van der Waals surface area (Å²) in [4.78, 5) is 25.1. The molecule has 0 saturated carbocycles. The molecule has 0 aromatic heterocycles. The van der Waals surface area contributed by atoms with Gasteiger partial charge >= 0.3 is 11.9 Å². The van der Waals surface area contributed by atoms with Gasteiger partial charge in [-0.2, -0.15) is 0 Å². The van der Waals surface area contributed by atoms with Gasteiger partial charge in [0.1, 0.15) is 12.5 Å². The van der Waals surface area contributed by atoms with Crippen LogP contribution in [0.15, 0.2) is 79.9 Å². The van der Waals surface area contributed by atoms with E-state index in [0.29, 0.717) is 0 Å². The number of benzene rings is 2. The molecule has 2 aromatic carbocycles. The highest BCUT2D eigenvalue weighted by Crippen LogP contribution is 2.35. The van der Waals surface area contributed by atoms with E-state index in [-0.39, 0.29) is 12.2 Å². The fourth-order valence-electron chi connectivity index (χ4n) is 3.10. The standard InChI is InChI=1S/C23H20O4/c1-4-14-26-23(25)21(15(3)5-2)27-22(24)19-13-12-17-9-6-8-16-10-7-11-18(19)20(16)17/h4-13,19,21H,1-3,14H2. The highest BCUT2D eigenvalue weighted by Gasteiger charge is 2.31. The van der Waals surface area contributed by atoms with Crippen LogP contribution in [0.3, 0.4) is 0 Å². The monoisotopic (exact) mass is 360 g/mol. The van der Waals surface area contributed by atoms with Gasteiger partial charge in [-0.05, 0) is 27.5 Å². The summed E-state index contributed by atoms with van der Waals surface area (Å²) in [5.74, 6) is -1.86. The van der Waals surface area contributed by atoms with E-state index in [9.17, 15) is 9.59 Å². The second-order valence-corrected chi connectivity index (χ2v) is 6.14. The number of rotatable bonds is 7. The SMILES string of the molecule is C=CCOC(=O)C(OC(=O)C1C=Cc2cccc3cccc1c23)C(=C)C=C. The van der Waals surface area contributed by atoms with E-state index in [2.05, 4.69) is 19.7 Å². The highest BCUT2D eigenvalue weighted by atomic mass is 16.6. The van der Waals surface area contributed by atoms with Gasteiger partial charge in [0.05, 0.1) is 0 Å². The fraction of sp³-hybridized carbons (Fsp3) is 0.130. The van der Waals surface area contributed by atoms with Crippen molar-refractivity contribution in [1.82, 2.24) is 0 Å². The number of ether oxygens (including phenoxy) is 2. The van der Waals surface area contributed by atoms with E-state index >= 15 is 0 Å². The second-order valence-electron chi connectivity index (χ2n) is 6.14. The van der Waals surface area contributed by atoms with Gasteiger partial charge in [0.2, 0.25) is 6.10 Å². The predicted octanol–water partition coefficient (Wildman–Crippen LogP) is 4.33. The molecular formula is C23H20O4. The van der Waals surface area contributed by atoms with E-state index in [1.807, 2.05) is 42.5 Å². The van der Waals surface area contributed by atoms with Gasteiger partial charge in [-0.15, -0.1) is 0 Å². The van der Waals surface area contributed by atoms with Gasteiger partial charge in [-0.3, -0.25) is 4.79 Å². The van der Waals surface area contributed by atoms with Crippen molar-refractivity contribution in [2.24, 2.45) is 0 Å². The Bertz CT molecular complexity index is 962. The molecule has 4 heteroatoms. The normalized spacial score (nSPS) is 15.6. The molecular weight excluding hydrogens is 340 g/mol. The molecule has 0 amide bonds. The van der Waals surface area contributed by atoms with E-state index in [1.165, 1.54) is 12.2 Å². The van der Waals surface area contributed by atoms with Crippen LogP contribution in [-0.2, 0) is 19.1 Å². The van der Waals surface area contributed by atoms with Gasteiger partial charge < -0.3 is 9.47 Å². The molecule has 0 radical (unpaired) electrons. The molecule has 1 aliphatic carbocycles. The zero-order chi connectivity index (χ0) is 19.4. The van der Waals surface area contributed by atoms with Crippen molar-refractivity contribution in [2.75, 3.05) is 6.61 Å². The lowest BCUT2D eigenvalue weighted by Crippen LogP contribution is -2.32. The molecule has 0 fully saturated rings. The average Bonchev–Trinajstić information content (AvgIpc) is 2.70. The van der Waals surface area contributed by atoms with Crippen LogP contribution in [0.2, 0.25) is 0 Å². The van der Waals surface area contributed by atoms with Crippen molar-refractivity contribution in [1.29, 1.82) is 0 Å². The van der Waals surface area contributed by atoms with Crippen molar-refractivity contribution in [3.63, 3.8) is 0 Å². The first-order chi connectivity index (χ1) is 13.1. The van der Waals surface area contributed by atoms with Crippen molar-refractivity contribution in [3.8, 4) is 0 Å². The summed E-state index contributed by atoms with van der Waals surface area (Å²) in [5, 5.41) is 2.06. The minimum absolute atomic E-state index is 0.0212. The van der Waals surface area contributed by atoms with Crippen LogP contribution in [0, 0.1) is 0 Å².